The van der Waals surface area contributed by atoms with Crippen molar-refractivity contribution < 1.29 is 19.0 Å². The zero-order chi connectivity index (χ0) is 17.9. The third kappa shape index (κ3) is 3.83. The molecular formula is C18H18ClN3O4. The van der Waals surface area contributed by atoms with Crippen LogP contribution in [0.25, 0.3) is 0 Å². The van der Waals surface area contributed by atoms with Crippen molar-refractivity contribution in [3.05, 3.63) is 41.2 Å². The number of halogens is 1. The monoisotopic (exact) mass is 375 g/mol. The summed E-state index contributed by atoms with van der Waals surface area (Å²) in [7, 11) is 0. The topological polar surface area (TPSA) is 73.8 Å². The number of ether oxygens (including phenoxy) is 3. The minimum atomic E-state index is -0.120. The molecule has 0 N–H and O–H groups in total. The van der Waals surface area contributed by atoms with E-state index in [4.69, 9.17) is 25.8 Å². The summed E-state index contributed by atoms with van der Waals surface area (Å²) in [6, 6.07) is 5.87. The van der Waals surface area contributed by atoms with E-state index in [2.05, 4.69) is 9.97 Å². The largest absolute Gasteiger partial charge is 0.458 e. The highest BCUT2D eigenvalue weighted by Gasteiger charge is 2.26. The minimum absolute atomic E-state index is 0.0641. The van der Waals surface area contributed by atoms with Crippen LogP contribution in [-0.2, 0) is 11.2 Å². The van der Waals surface area contributed by atoms with E-state index in [1.165, 1.54) is 12.4 Å². The van der Waals surface area contributed by atoms with Crippen molar-refractivity contribution in [3.63, 3.8) is 0 Å². The van der Waals surface area contributed by atoms with Gasteiger partial charge in [0.2, 0.25) is 12.7 Å². The van der Waals surface area contributed by atoms with E-state index >= 15 is 0 Å². The zero-order valence-electron chi connectivity index (χ0n) is 14.1. The van der Waals surface area contributed by atoms with Gasteiger partial charge in [0, 0.05) is 6.54 Å². The predicted molar refractivity (Wildman–Crippen MR) is 93.5 cm³/mol. The van der Waals surface area contributed by atoms with Crippen molar-refractivity contribution in [3.8, 4) is 17.5 Å². The van der Waals surface area contributed by atoms with Crippen LogP contribution in [0.2, 0.25) is 5.02 Å². The molecule has 0 saturated carbocycles. The van der Waals surface area contributed by atoms with Gasteiger partial charge in [-0.2, -0.15) is 0 Å². The number of piperidine rings is 1. The third-order valence-electron chi connectivity index (χ3n) is 4.39. The number of carbonyl (C=O) groups excluding carboxylic acids is 1. The average Bonchev–Trinajstić information content (AvgIpc) is 3.12. The Kier molecular flexibility index (Phi) is 4.79. The lowest BCUT2D eigenvalue weighted by Crippen LogP contribution is -2.45. The molecule has 1 saturated heterocycles. The van der Waals surface area contributed by atoms with Crippen LogP contribution >= 0.6 is 11.6 Å². The van der Waals surface area contributed by atoms with Crippen LogP contribution in [0.5, 0.6) is 17.5 Å². The van der Waals surface area contributed by atoms with Crippen molar-refractivity contribution in [1.29, 1.82) is 0 Å². The van der Waals surface area contributed by atoms with Crippen molar-refractivity contribution in [2.75, 3.05) is 19.9 Å². The second-order valence-electron chi connectivity index (χ2n) is 6.27. The number of rotatable bonds is 4. The van der Waals surface area contributed by atoms with E-state index in [1.54, 1.807) is 0 Å². The number of hydrogen-bond acceptors (Lipinski definition) is 6. The molecule has 8 heteroatoms. The molecule has 26 heavy (non-hydrogen) atoms. The number of fused-ring (bicyclic) bond motifs is 1. The number of nitrogens with zero attached hydrogens (tertiary/aromatic N) is 3. The maximum absolute atomic E-state index is 12.7. The quantitative estimate of drug-likeness (QED) is 0.817. The molecule has 3 heterocycles. The van der Waals surface area contributed by atoms with E-state index in [0.29, 0.717) is 23.7 Å². The van der Waals surface area contributed by atoms with Gasteiger partial charge in [-0.25, -0.2) is 9.97 Å². The van der Waals surface area contributed by atoms with Crippen LogP contribution in [0.3, 0.4) is 0 Å². The molecule has 1 aromatic heterocycles. The molecule has 0 aliphatic carbocycles. The molecule has 136 valence electrons. The molecule has 2 aliphatic rings. The molecule has 1 atom stereocenters. The number of carbonyl (C=O) groups is 1. The molecule has 2 aromatic rings. The van der Waals surface area contributed by atoms with Crippen LogP contribution in [0.15, 0.2) is 30.6 Å². The van der Waals surface area contributed by atoms with Gasteiger partial charge in [-0.15, -0.1) is 0 Å². The van der Waals surface area contributed by atoms with Crippen molar-refractivity contribution >= 4 is 17.5 Å². The van der Waals surface area contributed by atoms with Gasteiger partial charge in [-0.1, -0.05) is 17.7 Å². The summed E-state index contributed by atoms with van der Waals surface area (Å²) in [6.45, 7) is 1.48. The van der Waals surface area contributed by atoms with Crippen molar-refractivity contribution in [2.24, 2.45) is 0 Å². The molecule has 1 fully saturated rings. The Morgan fingerprint density at radius 2 is 2.08 bits per heavy atom. The molecular weight excluding hydrogens is 358 g/mol. The van der Waals surface area contributed by atoms with Gasteiger partial charge in [0.1, 0.15) is 6.10 Å². The first kappa shape index (κ1) is 16.9. The van der Waals surface area contributed by atoms with Crippen LogP contribution in [0, 0.1) is 0 Å². The van der Waals surface area contributed by atoms with Gasteiger partial charge in [-0.3, -0.25) is 4.79 Å². The molecule has 4 rings (SSSR count). The summed E-state index contributed by atoms with van der Waals surface area (Å²) in [5.74, 6) is 1.47. The molecule has 0 radical (unpaired) electrons. The molecule has 7 nitrogen and oxygen atoms in total. The molecule has 1 amide bonds. The Hall–Kier alpha value is -2.54. The smallest absolute Gasteiger partial charge is 0.316 e. The minimum Gasteiger partial charge on any atom is -0.458 e. The van der Waals surface area contributed by atoms with Gasteiger partial charge in [0.25, 0.3) is 0 Å². The highest BCUT2D eigenvalue weighted by Crippen LogP contribution is 2.32. The maximum Gasteiger partial charge on any atom is 0.316 e. The maximum atomic E-state index is 12.7. The second-order valence-corrected chi connectivity index (χ2v) is 6.71. The fraction of sp³-hybridized carbons (Fsp3) is 0.389. The SMILES string of the molecule is O=C(Cc1ccc2c(c1)OCO2)N1CCCC(Oc2ncc(Cl)cn2)C1. The van der Waals surface area contributed by atoms with Gasteiger partial charge in [0.05, 0.1) is 30.4 Å². The average molecular weight is 376 g/mol. The van der Waals surface area contributed by atoms with E-state index in [9.17, 15) is 4.79 Å². The fourth-order valence-electron chi connectivity index (χ4n) is 3.11. The summed E-state index contributed by atoms with van der Waals surface area (Å²) in [5.41, 5.74) is 0.906. The number of aromatic nitrogens is 2. The first-order chi connectivity index (χ1) is 12.7. The number of amides is 1. The lowest BCUT2D eigenvalue weighted by atomic mass is 10.1. The normalized spacial score (nSPS) is 18.7. The van der Waals surface area contributed by atoms with Gasteiger partial charge in [-0.05, 0) is 30.5 Å². The molecule has 0 spiro atoms. The Morgan fingerprint density at radius 1 is 1.27 bits per heavy atom. The molecule has 2 aliphatic heterocycles. The van der Waals surface area contributed by atoms with Gasteiger partial charge < -0.3 is 19.1 Å². The molecule has 1 aromatic carbocycles. The number of benzene rings is 1. The number of likely N-dealkylation sites (tertiary alicyclic amines) is 1. The Morgan fingerprint density at radius 3 is 2.92 bits per heavy atom. The standard InChI is InChI=1S/C18H18ClN3O4/c19-13-8-20-18(21-9-13)26-14-2-1-5-22(10-14)17(23)7-12-3-4-15-16(6-12)25-11-24-15/h3-4,6,8-9,14H,1-2,5,7,10-11H2. The highest BCUT2D eigenvalue weighted by molar-refractivity contribution is 6.30. The van der Waals surface area contributed by atoms with E-state index in [-0.39, 0.29) is 24.8 Å². The van der Waals surface area contributed by atoms with Crippen LogP contribution in [0.1, 0.15) is 18.4 Å². The first-order valence-corrected chi connectivity index (χ1v) is 8.86. The zero-order valence-corrected chi connectivity index (χ0v) is 14.8. The molecule has 0 bridgehead atoms. The molecule has 1 unspecified atom stereocenters. The van der Waals surface area contributed by atoms with E-state index in [0.717, 1.165) is 30.7 Å². The van der Waals surface area contributed by atoms with Gasteiger partial charge >= 0.3 is 6.01 Å². The summed E-state index contributed by atoms with van der Waals surface area (Å²) in [6.07, 6.45) is 4.93. The van der Waals surface area contributed by atoms with Crippen LogP contribution in [-0.4, -0.2) is 46.8 Å². The Bertz CT molecular complexity index is 800. The van der Waals surface area contributed by atoms with E-state index < -0.39 is 0 Å². The highest BCUT2D eigenvalue weighted by atomic mass is 35.5. The third-order valence-corrected chi connectivity index (χ3v) is 4.59. The summed E-state index contributed by atoms with van der Waals surface area (Å²) < 4.78 is 16.5. The fourth-order valence-corrected chi connectivity index (χ4v) is 3.21. The number of hydrogen-bond donors (Lipinski definition) is 0. The van der Waals surface area contributed by atoms with Crippen LogP contribution in [0.4, 0.5) is 0 Å². The Labute approximate surface area is 155 Å². The predicted octanol–water partition coefficient (Wildman–Crippen LogP) is 2.47. The van der Waals surface area contributed by atoms with Crippen molar-refractivity contribution in [1.82, 2.24) is 14.9 Å². The summed E-state index contributed by atoms with van der Waals surface area (Å²) >= 11 is 5.78. The van der Waals surface area contributed by atoms with Crippen LogP contribution < -0.4 is 14.2 Å². The van der Waals surface area contributed by atoms with Crippen molar-refractivity contribution in [2.45, 2.75) is 25.4 Å². The Balaban J connectivity index is 1.36. The lowest BCUT2D eigenvalue weighted by molar-refractivity contribution is -0.133. The lowest BCUT2D eigenvalue weighted by Gasteiger charge is -2.32. The van der Waals surface area contributed by atoms with E-state index in [1.807, 2.05) is 23.1 Å². The second kappa shape index (κ2) is 7.37. The summed E-state index contributed by atoms with van der Waals surface area (Å²) in [4.78, 5) is 22.6. The van der Waals surface area contributed by atoms with Gasteiger partial charge in [0.15, 0.2) is 11.5 Å². The summed E-state index contributed by atoms with van der Waals surface area (Å²) in [5, 5.41) is 0.460. The first-order valence-electron chi connectivity index (χ1n) is 8.48.